The van der Waals surface area contributed by atoms with Gasteiger partial charge in [0.15, 0.2) is 5.43 Å². The molecule has 32 heavy (non-hydrogen) atoms. The van der Waals surface area contributed by atoms with Crippen molar-refractivity contribution in [3.8, 4) is 5.75 Å². The van der Waals surface area contributed by atoms with Crippen LogP contribution in [0.2, 0.25) is 0 Å². The van der Waals surface area contributed by atoms with Crippen molar-refractivity contribution in [3.05, 3.63) is 97.9 Å². The van der Waals surface area contributed by atoms with Crippen LogP contribution in [0.3, 0.4) is 0 Å². The van der Waals surface area contributed by atoms with E-state index < -0.39 is 11.9 Å². The number of aromatic nitrogens is 1. The van der Waals surface area contributed by atoms with Gasteiger partial charge in [0.25, 0.3) is 5.91 Å². The van der Waals surface area contributed by atoms with Crippen molar-refractivity contribution < 1.29 is 13.9 Å². The Labute approximate surface area is 192 Å². The summed E-state index contributed by atoms with van der Waals surface area (Å²) < 4.78 is 12.4. The maximum atomic E-state index is 13.6. The molecule has 0 aliphatic carbocycles. The van der Waals surface area contributed by atoms with Crippen LogP contribution in [0.25, 0.3) is 11.0 Å². The quantitative estimate of drug-likeness (QED) is 0.382. The minimum absolute atomic E-state index is 0.0408. The monoisotopic (exact) mass is 490 g/mol. The highest BCUT2D eigenvalue weighted by atomic mass is 79.9. The van der Waals surface area contributed by atoms with Crippen molar-refractivity contribution >= 4 is 38.6 Å². The normalized spacial score (nSPS) is 15.3. The molecule has 4 aromatic rings. The first kappa shape index (κ1) is 20.5. The van der Waals surface area contributed by atoms with Crippen LogP contribution in [0.15, 0.2) is 74.5 Å². The van der Waals surface area contributed by atoms with Gasteiger partial charge >= 0.3 is 0 Å². The van der Waals surface area contributed by atoms with Crippen molar-refractivity contribution in [3.63, 3.8) is 0 Å². The molecule has 0 N–H and O–H groups in total. The first-order valence-electron chi connectivity index (χ1n) is 10.2. The number of fused-ring (bicyclic) bond motifs is 2. The molecule has 0 bridgehead atoms. The van der Waals surface area contributed by atoms with Gasteiger partial charge in [-0.3, -0.25) is 14.5 Å². The third kappa shape index (κ3) is 3.29. The summed E-state index contributed by atoms with van der Waals surface area (Å²) in [6, 6.07) is 15.6. The maximum absolute atomic E-state index is 13.6. The lowest BCUT2D eigenvalue weighted by molar-refractivity contribution is 0.0970. The number of rotatable bonds is 4. The number of pyridine rings is 1. The number of benzene rings is 2. The number of aryl methyl sites for hydroxylation is 1. The fraction of sp³-hybridized carbons (Fsp3) is 0.160. The fourth-order valence-corrected chi connectivity index (χ4v) is 4.40. The highest BCUT2D eigenvalue weighted by molar-refractivity contribution is 9.10. The van der Waals surface area contributed by atoms with E-state index in [0.717, 1.165) is 15.6 Å². The molecule has 160 valence electrons. The van der Waals surface area contributed by atoms with E-state index in [2.05, 4.69) is 20.9 Å². The minimum Gasteiger partial charge on any atom is -0.494 e. The van der Waals surface area contributed by atoms with Gasteiger partial charge in [0, 0.05) is 10.7 Å². The fourth-order valence-electron chi connectivity index (χ4n) is 4.04. The van der Waals surface area contributed by atoms with Crippen LogP contribution in [0.4, 0.5) is 5.82 Å². The lowest BCUT2D eigenvalue weighted by atomic mass is 9.98. The van der Waals surface area contributed by atoms with Crippen LogP contribution < -0.4 is 15.1 Å². The zero-order valence-electron chi connectivity index (χ0n) is 17.5. The van der Waals surface area contributed by atoms with Crippen LogP contribution in [-0.2, 0) is 0 Å². The van der Waals surface area contributed by atoms with Crippen LogP contribution in [-0.4, -0.2) is 17.5 Å². The van der Waals surface area contributed by atoms with E-state index in [1.165, 1.54) is 4.90 Å². The summed E-state index contributed by atoms with van der Waals surface area (Å²) in [5, 5.41) is 0.413. The molecule has 2 aromatic carbocycles. The van der Waals surface area contributed by atoms with Gasteiger partial charge < -0.3 is 9.15 Å². The summed E-state index contributed by atoms with van der Waals surface area (Å²) in [5.74, 6) is 0.753. The molecule has 0 fully saturated rings. The van der Waals surface area contributed by atoms with Crippen molar-refractivity contribution in [2.75, 3.05) is 11.5 Å². The van der Waals surface area contributed by atoms with E-state index in [1.54, 1.807) is 30.5 Å². The number of nitrogens with zero attached hydrogens (tertiary/aromatic N) is 2. The number of hydrogen-bond donors (Lipinski definition) is 0. The standard InChI is InChI=1S/C25H19BrN2O4/c1-3-31-17-6-4-5-15(11-17)22-21-23(29)18-12-16(26)8-9-19(18)32-24(21)25(30)28(22)20-10-7-14(2)13-27-20/h4-13,22H,3H2,1-2H3. The van der Waals surface area contributed by atoms with Crippen LogP contribution in [0.5, 0.6) is 5.75 Å². The predicted molar refractivity (Wildman–Crippen MR) is 125 cm³/mol. The van der Waals surface area contributed by atoms with Crippen molar-refractivity contribution in [2.24, 2.45) is 0 Å². The molecule has 0 spiro atoms. The van der Waals surface area contributed by atoms with E-state index in [0.29, 0.717) is 34.7 Å². The third-order valence-electron chi connectivity index (χ3n) is 5.46. The van der Waals surface area contributed by atoms with E-state index in [1.807, 2.05) is 44.2 Å². The molecule has 5 rings (SSSR count). The van der Waals surface area contributed by atoms with Gasteiger partial charge in [-0.2, -0.15) is 0 Å². The molecule has 0 saturated carbocycles. The molecule has 6 nitrogen and oxygen atoms in total. The Bertz CT molecular complexity index is 1410. The predicted octanol–water partition coefficient (Wildman–Crippen LogP) is 5.41. The summed E-state index contributed by atoms with van der Waals surface area (Å²) in [5.41, 5.74) is 2.14. The molecule has 7 heteroatoms. The van der Waals surface area contributed by atoms with Gasteiger partial charge in [0.05, 0.1) is 23.6 Å². The molecule has 1 aliphatic heterocycles. The molecule has 1 amide bonds. The first-order valence-corrected chi connectivity index (χ1v) is 11.0. The van der Waals surface area contributed by atoms with Crippen LogP contribution in [0.1, 0.15) is 40.2 Å². The molecule has 1 unspecified atom stereocenters. The summed E-state index contributed by atoms with van der Waals surface area (Å²) in [4.78, 5) is 33.2. The second-order valence-corrected chi connectivity index (χ2v) is 8.51. The van der Waals surface area contributed by atoms with E-state index in [4.69, 9.17) is 9.15 Å². The summed E-state index contributed by atoms with van der Waals surface area (Å²) in [7, 11) is 0. The average molecular weight is 491 g/mol. The van der Waals surface area contributed by atoms with E-state index in [-0.39, 0.29) is 11.2 Å². The zero-order chi connectivity index (χ0) is 22.4. The number of amides is 1. The number of ether oxygens (including phenoxy) is 1. The van der Waals surface area contributed by atoms with E-state index >= 15 is 0 Å². The SMILES string of the molecule is CCOc1cccc(C2c3c(oc4ccc(Br)cc4c3=O)C(=O)N2c2ccc(C)cn2)c1. The van der Waals surface area contributed by atoms with Crippen molar-refractivity contribution in [1.82, 2.24) is 4.98 Å². The van der Waals surface area contributed by atoms with Gasteiger partial charge in [-0.15, -0.1) is 0 Å². The second-order valence-electron chi connectivity index (χ2n) is 7.59. The summed E-state index contributed by atoms with van der Waals surface area (Å²) in [6.07, 6.45) is 1.70. The zero-order valence-corrected chi connectivity index (χ0v) is 19.0. The molecule has 0 radical (unpaired) electrons. The highest BCUT2D eigenvalue weighted by Crippen LogP contribution is 2.41. The minimum atomic E-state index is -0.687. The Morgan fingerprint density at radius 2 is 1.97 bits per heavy atom. The van der Waals surface area contributed by atoms with Gasteiger partial charge in [-0.25, -0.2) is 4.98 Å². The number of carbonyl (C=O) groups excluding carboxylic acids is 1. The molecular formula is C25H19BrN2O4. The Hall–Kier alpha value is -3.45. The summed E-state index contributed by atoms with van der Waals surface area (Å²) in [6.45, 7) is 4.34. The molecule has 3 heterocycles. The molecule has 0 saturated heterocycles. The van der Waals surface area contributed by atoms with Crippen LogP contribution in [0, 0.1) is 6.92 Å². The molecule has 1 aliphatic rings. The Kier molecular flexibility index (Phi) is 5.06. The summed E-state index contributed by atoms with van der Waals surface area (Å²) >= 11 is 3.42. The Balaban J connectivity index is 1.79. The Morgan fingerprint density at radius 1 is 1.12 bits per heavy atom. The van der Waals surface area contributed by atoms with Crippen molar-refractivity contribution in [1.29, 1.82) is 0 Å². The molecule has 2 aromatic heterocycles. The second kappa shape index (κ2) is 7.91. The average Bonchev–Trinajstić information content (AvgIpc) is 3.08. The molecular weight excluding hydrogens is 472 g/mol. The number of carbonyl (C=O) groups is 1. The largest absolute Gasteiger partial charge is 0.494 e. The maximum Gasteiger partial charge on any atom is 0.296 e. The van der Waals surface area contributed by atoms with Gasteiger partial charge in [-0.05, 0) is 61.4 Å². The Morgan fingerprint density at radius 3 is 2.72 bits per heavy atom. The van der Waals surface area contributed by atoms with E-state index in [9.17, 15) is 9.59 Å². The van der Waals surface area contributed by atoms with Gasteiger partial charge in [-0.1, -0.05) is 34.1 Å². The number of hydrogen-bond acceptors (Lipinski definition) is 5. The lowest BCUT2D eigenvalue weighted by Gasteiger charge is -2.24. The number of halogens is 1. The molecule has 1 atom stereocenters. The van der Waals surface area contributed by atoms with Crippen LogP contribution >= 0.6 is 15.9 Å². The highest BCUT2D eigenvalue weighted by Gasteiger charge is 2.44. The smallest absolute Gasteiger partial charge is 0.296 e. The first-order chi connectivity index (χ1) is 15.5. The van der Waals surface area contributed by atoms with Gasteiger partial charge in [0.2, 0.25) is 5.76 Å². The lowest BCUT2D eigenvalue weighted by Crippen LogP contribution is -2.30. The third-order valence-corrected chi connectivity index (χ3v) is 5.95. The number of anilines is 1. The topological polar surface area (TPSA) is 72.6 Å². The van der Waals surface area contributed by atoms with Crippen molar-refractivity contribution in [2.45, 2.75) is 19.9 Å². The van der Waals surface area contributed by atoms with Gasteiger partial charge in [0.1, 0.15) is 17.2 Å².